The van der Waals surface area contributed by atoms with E-state index in [1.807, 2.05) is 0 Å². The third kappa shape index (κ3) is 2.11. The monoisotopic (exact) mass is 287 g/mol. The maximum atomic E-state index is 12.0. The van der Waals surface area contributed by atoms with E-state index in [4.69, 9.17) is 0 Å². The molecule has 0 bridgehead atoms. The van der Waals surface area contributed by atoms with Crippen LogP contribution in [0.5, 0.6) is 0 Å². The van der Waals surface area contributed by atoms with Crippen LogP contribution in [0.15, 0.2) is 9.59 Å². The highest BCUT2D eigenvalue weighted by atomic mass is 79.9. The molecule has 0 spiro atoms. The highest BCUT2D eigenvalue weighted by molar-refractivity contribution is 9.09. The fourth-order valence-corrected chi connectivity index (χ4v) is 2.20. The molecule has 0 aromatic carbocycles. The Balaban J connectivity index is 2.46. The van der Waals surface area contributed by atoms with Crippen molar-refractivity contribution in [2.45, 2.75) is 38.8 Å². The zero-order valence-electron chi connectivity index (χ0n) is 8.99. The van der Waals surface area contributed by atoms with Gasteiger partial charge in [0, 0.05) is 24.8 Å². The topological polar surface area (TPSA) is 56.9 Å². The quantitative estimate of drug-likeness (QED) is 0.762. The second-order valence-corrected chi connectivity index (χ2v) is 4.69. The molecule has 0 saturated heterocycles. The van der Waals surface area contributed by atoms with E-state index in [0.29, 0.717) is 18.9 Å². The molecular weight excluding hydrogens is 274 g/mol. The number of aryl methyl sites for hydroxylation is 1. The molecule has 0 N–H and O–H groups in total. The summed E-state index contributed by atoms with van der Waals surface area (Å²) in [5.74, 6) is 0.649. The molecule has 0 aliphatic carbocycles. The van der Waals surface area contributed by atoms with Crippen molar-refractivity contribution in [2.24, 2.45) is 0 Å². The van der Waals surface area contributed by atoms with Crippen molar-refractivity contribution >= 4 is 15.9 Å². The van der Waals surface area contributed by atoms with Crippen LogP contribution in [0.25, 0.3) is 0 Å². The number of aromatic nitrogens is 3. The Bertz CT molecular complexity index is 492. The molecule has 5 nitrogen and oxygen atoms in total. The first kappa shape index (κ1) is 11.6. The molecule has 0 fully saturated rings. The number of halogens is 1. The Kier molecular flexibility index (Phi) is 3.58. The number of hydrogen-bond donors (Lipinski definition) is 0. The summed E-state index contributed by atoms with van der Waals surface area (Å²) >= 11 is 3.29. The van der Waals surface area contributed by atoms with Crippen LogP contribution in [0.3, 0.4) is 0 Å². The third-order valence-corrected chi connectivity index (χ3v) is 3.34. The molecule has 0 amide bonds. The van der Waals surface area contributed by atoms with Gasteiger partial charge in [-0.05, 0) is 19.3 Å². The van der Waals surface area contributed by atoms with Crippen LogP contribution < -0.4 is 11.4 Å². The Morgan fingerprint density at radius 3 is 2.88 bits per heavy atom. The largest absolute Gasteiger partial charge is 0.353 e. The Morgan fingerprint density at radius 1 is 1.31 bits per heavy atom. The summed E-state index contributed by atoms with van der Waals surface area (Å²) in [5, 5.41) is 0.778. The van der Waals surface area contributed by atoms with E-state index >= 15 is 0 Å². The van der Waals surface area contributed by atoms with Gasteiger partial charge in [-0.1, -0.05) is 15.9 Å². The highest BCUT2D eigenvalue weighted by Gasteiger charge is 2.15. The lowest BCUT2D eigenvalue weighted by Gasteiger charge is -2.17. The van der Waals surface area contributed by atoms with E-state index in [1.54, 1.807) is 4.57 Å². The first-order valence-corrected chi connectivity index (χ1v) is 6.62. The molecule has 1 aliphatic heterocycles. The minimum absolute atomic E-state index is 0.198. The summed E-state index contributed by atoms with van der Waals surface area (Å²) in [4.78, 5) is 27.6. The van der Waals surface area contributed by atoms with E-state index in [1.165, 1.54) is 4.57 Å². The van der Waals surface area contributed by atoms with Gasteiger partial charge in [-0.2, -0.15) is 4.98 Å². The van der Waals surface area contributed by atoms with Gasteiger partial charge in [0.1, 0.15) is 5.82 Å². The summed E-state index contributed by atoms with van der Waals surface area (Å²) in [6, 6.07) is 0. The van der Waals surface area contributed by atoms with E-state index in [2.05, 4.69) is 20.9 Å². The van der Waals surface area contributed by atoms with Crippen LogP contribution in [0.2, 0.25) is 0 Å². The summed E-state index contributed by atoms with van der Waals surface area (Å²) < 4.78 is 2.87. The van der Waals surface area contributed by atoms with Crippen LogP contribution in [-0.4, -0.2) is 19.4 Å². The summed E-state index contributed by atoms with van der Waals surface area (Å²) in [5.41, 5.74) is -0.602. The molecule has 0 radical (unpaired) electrons. The molecule has 2 heterocycles. The molecular formula is C10H14BrN3O2. The van der Waals surface area contributed by atoms with Crippen molar-refractivity contribution in [3.8, 4) is 0 Å². The van der Waals surface area contributed by atoms with Crippen molar-refractivity contribution in [3.63, 3.8) is 0 Å². The predicted molar refractivity (Wildman–Crippen MR) is 64.1 cm³/mol. The molecule has 0 unspecified atom stereocenters. The molecule has 0 atom stereocenters. The predicted octanol–water partition coefficient (Wildman–Crippen LogP) is 0.526. The van der Waals surface area contributed by atoms with Gasteiger partial charge in [-0.3, -0.25) is 4.57 Å². The average molecular weight is 288 g/mol. The molecule has 2 rings (SSSR count). The lowest BCUT2D eigenvalue weighted by molar-refractivity contribution is 0.441. The number of hydrogen-bond acceptors (Lipinski definition) is 3. The Hall–Kier alpha value is -0.910. The van der Waals surface area contributed by atoms with Crippen molar-refractivity contribution < 1.29 is 0 Å². The van der Waals surface area contributed by atoms with Gasteiger partial charge < -0.3 is 0 Å². The summed E-state index contributed by atoms with van der Waals surface area (Å²) in [7, 11) is 0. The maximum Gasteiger partial charge on any atom is 0.353 e. The number of rotatable bonds is 3. The van der Waals surface area contributed by atoms with Crippen LogP contribution >= 0.6 is 15.9 Å². The second kappa shape index (κ2) is 4.95. The minimum Gasteiger partial charge on any atom is -0.281 e. The lowest BCUT2D eigenvalue weighted by Crippen LogP contribution is -2.44. The molecule has 88 valence electrons. The van der Waals surface area contributed by atoms with E-state index in [0.717, 1.165) is 31.0 Å². The van der Waals surface area contributed by atoms with Gasteiger partial charge >= 0.3 is 11.4 Å². The number of alkyl halides is 1. The zero-order chi connectivity index (χ0) is 11.5. The van der Waals surface area contributed by atoms with E-state index in [-0.39, 0.29) is 5.69 Å². The van der Waals surface area contributed by atoms with E-state index < -0.39 is 5.69 Å². The Labute approximate surface area is 101 Å². The summed E-state index contributed by atoms with van der Waals surface area (Å²) in [6.07, 6.45) is 3.50. The molecule has 0 saturated carbocycles. The third-order valence-electron chi connectivity index (χ3n) is 2.78. The molecule has 16 heavy (non-hydrogen) atoms. The highest BCUT2D eigenvalue weighted by Crippen LogP contribution is 2.07. The van der Waals surface area contributed by atoms with Crippen molar-refractivity contribution in [2.75, 3.05) is 5.33 Å². The first-order chi connectivity index (χ1) is 7.74. The molecule has 1 aromatic rings. The fourth-order valence-electron chi connectivity index (χ4n) is 1.95. The SMILES string of the molecule is O=c1nc2n(c(=O)n1CCCBr)CCCC2. The smallest absolute Gasteiger partial charge is 0.281 e. The normalized spacial score (nSPS) is 14.8. The van der Waals surface area contributed by atoms with Gasteiger partial charge in [-0.25, -0.2) is 14.2 Å². The van der Waals surface area contributed by atoms with Gasteiger partial charge in [-0.15, -0.1) is 0 Å². The standard InChI is InChI=1S/C10H14BrN3O2/c11-5-3-7-14-9(15)12-8-4-1-2-6-13(8)10(14)16/h1-7H2. The van der Waals surface area contributed by atoms with Gasteiger partial charge in [0.25, 0.3) is 0 Å². The lowest BCUT2D eigenvalue weighted by atomic mass is 10.2. The van der Waals surface area contributed by atoms with Gasteiger partial charge in [0.05, 0.1) is 0 Å². The van der Waals surface area contributed by atoms with Gasteiger partial charge in [0.15, 0.2) is 0 Å². The fraction of sp³-hybridized carbons (Fsp3) is 0.700. The summed E-state index contributed by atoms with van der Waals surface area (Å²) in [6.45, 7) is 1.13. The van der Waals surface area contributed by atoms with E-state index in [9.17, 15) is 9.59 Å². The van der Waals surface area contributed by atoms with Crippen molar-refractivity contribution in [1.82, 2.24) is 14.1 Å². The zero-order valence-corrected chi connectivity index (χ0v) is 10.6. The number of nitrogens with zero attached hydrogens (tertiary/aromatic N) is 3. The minimum atomic E-state index is -0.404. The second-order valence-electron chi connectivity index (χ2n) is 3.90. The molecule has 6 heteroatoms. The van der Waals surface area contributed by atoms with Crippen LogP contribution in [0.1, 0.15) is 25.1 Å². The molecule has 1 aliphatic rings. The molecule has 1 aromatic heterocycles. The average Bonchev–Trinajstić information content (AvgIpc) is 2.29. The van der Waals surface area contributed by atoms with Crippen LogP contribution in [0, 0.1) is 0 Å². The van der Waals surface area contributed by atoms with Crippen LogP contribution in [-0.2, 0) is 19.5 Å². The Morgan fingerprint density at radius 2 is 2.12 bits per heavy atom. The van der Waals surface area contributed by atoms with Crippen molar-refractivity contribution in [3.05, 3.63) is 26.8 Å². The maximum absolute atomic E-state index is 12.0. The first-order valence-electron chi connectivity index (χ1n) is 5.50. The van der Waals surface area contributed by atoms with Crippen molar-refractivity contribution in [1.29, 1.82) is 0 Å². The van der Waals surface area contributed by atoms with Crippen LogP contribution in [0.4, 0.5) is 0 Å². The van der Waals surface area contributed by atoms with Gasteiger partial charge in [0.2, 0.25) is 0 Å². The number of fused-ring (bicyclic) bond motifs is 1.